The summed E-state index contributed by atoms with van der Waals surface area (Å²) in [6, 6.07) is 8.68. The third kappa shape index (κ3) is 3.42. The molecule has 126 valence electrons. The zero-order valence-corrected chi connectivity index (χ0v) is 13.6. The van der Waals surface area contributed by atoms with Gasteiger partial charge in [0.25, 0.3) is 5.91 Å². The molecule has 1 aromatic heterocycles. The lowest BCUT2D eigenvalue weighted by atomic mass is 10.1. The van der Waals surface area contributed by atoms with Crippen LogP contribution in [0.3, 0.4) is 0 Å². The van der Waals surface area contributed by atoms with E-state index in [2.05, 4.69) is 27.8 Å². The number of nitrogens with one attached hydrogen (secondary N) is 1. The van der Waals surface area contributed by atoms with Gasteiger partial charge in [-0.3, -0.25) is 9.69 Å². The molecule has 0 saturated carbocycles. The van der Waals surface area contributed by atoms with Gasteiger partial charge < -0.3 is 5.32 Å². The molecule has 0 radical (unpaired) electrons. The monoisotopic (exact) mass is 328 g/mol. The summed E-state index contributed by atoms with van der Waals surface area (Å²) in [4.78, 5) is 25.9. The van der Waals surface area contributed by atoms with Gasteiger partial charge in [0.1, 0.15) is 6.04 Å². The largest absolute Gasteiger partial charge is 0.325 e. The van der Waals surface area contributed by atoms with E-state index in [4.69, 9.17) is 0 Å². The van der Waals surface area contributed by atoms with Gasteiger partial charge in [0.15, 0.2) is 5.82 Å². The van der Waals surface area contributed by atoms with Crippen LogP contribution in [0.4, 0.5) is 4.79 Å². The first kappa shape index (κ1) is 16.1. The molecule has 2 heterocycles. The molecule has 0 aliphatic carbocycles. The molecule has 1 atom stereocenters. The van der Waals surface area contributed by atoms with Crippen LogP contribution in [0.15, 0.2) is 30.3 Å². The molecule has 1 saturated heterocycles. The predicted molar refractivity (Wildman–Crippen MR) is 85.7 cm³/mol. The summed E-state index contributed by atoms with van der Waals surface area (Å²) < 4.78 is 1.65. The van der Waals surface area contributed by atoms with Crippen molar-refractivity contribution >= 4 is 11.9 Å². The zero-order chi connectivity index (χ0) is 16.9. The summed E-state index contributed by atoms with van der Waals surface area (Å²) in [6.45, 7) is 2.85. The van der Waals surface area contributed by atoms with Crippen LogP contribution in [-0.4, -0.2) is 43.1 Å². The quantitative estimate of drug-likeness (QED) is 0.769. The van der Waals surface area contributed by atoms with Gasteiger partial charge in [0.2, 0.25) is 0 Å². The van der Waals surface area contributed by atoms with E-state index in [1.807, 2.05) is 30.3 Å². The number of amides is 3. The number of tetrazole rings is 1. The number of unbranched alkanes of at least 4 members (excludes halogenated alkanes) is 1. The van der Waals surface area contributed by atoms with Crippen molar-refractivity contribution in [2.45, 2.75) is 45.3 Å². The van der Waals surface area contributed by atoms with Crippen LogP contribution in [0.25, 0.3) is 0 Å². The molecule has 1 aromatic carbocycles. The molecular weight excluding hydrogens is 308 g/mol. The predicted octanol–water partition coefficient (Wildman–Crippen LogP) is 1.14. The molecule has 0 bridgehead atoms. The second-order valence-corrected chi connectivity index (χ2v) is 5.79. The van der Waals surface area contributed by atoms with Gasteiger partial charge in [-0.25, -0.2) is 9.48 Å². The number of carbonyl (C=O) groups is 2. The minimum Gasteiger partial charge on any atom is -0.325 e. The third-order valence-electron chi connectivity index (χ3n) is 4.02. The van der Waals surface area contributed by atoms with Gasteiger partial charge >= 0.3 is 6.03 Å². The molecule has 1 fully saturated rings. The molecule has 1 N–H and O–H groups in total. The molecule has 1 unspecified atom stereocenters. The Kier molecular flexibility index (Phi) is 4.83. The number of aromatic nitrogens is 4. The van der Waals surface area contributed by atoms with E-state index in [-0.39, 0.29) is 12.5 Å². The Morgan fingerprint density at radius 2 is 2.00 bits per heavy atom. The van der Waals surface area contributed by atoms with E-state index in [9.17, 15) is 9.59 Å². The van der Waals surface area contributed by atoms with Crippen molar-refractivity contribution in [3.63, 3.8) is 0 Å². The van der Waals surface area contributed by atoms with Crippen LogP contribution >= 0.6 is 0 Å². The minimum absolute atomic E-state index is 0.0900. The molecule has 8 nitrogen and oxygen atoms in total. The highest BCUT2D eigenvalue weighted by Crippen LogP contribution is 2.14. The molecule has 2 aromatic rings. The van der Waals surface area contributed by atoms with Crippen LogP contribution < -0.4 is 5.32 Å². The summed E-state index contributed by atoms with van der Waals surface area (Å²) in [5, 5.41) is 14.2. The molecule has 0 spiro atoms. The molecule has 1 aliphatic heterocycles. The summed E-state index contributed by atoms with van der Waals surface area (Å²) in [5.74, 6) is 0.279. The fourth-order valence-corrected chi connectivity index (χ4v) is 2.67. The smallest absolute Gasteiger partial charge is 0.325 e. The second kappa shape index (κ2) is 7.20. The van der Waals surface area contributed by atoms with E-state index in [0.717, 1.165) is 18.4 Å². The van der Waals surface area contributed by atoms with Gasteiger partial charge in [0, 0.05) is 13.0 Å². The summed E-state index contributed by atoms with van der Waals surface area (Å²) in [7, 11) is 0. The minimum atomic E-state index is -0.542. The fourth-order valence-electron chi connectivity index (χ4n) is 2.67. The van der Waals surface area contributed by atoms with Crippen molar-refractivity contribution < 1.29 is 9.59 Å². The van der Waals surface area contributed by atoms with E-state index < -0.39 is 12.1 Å². The molecule has 1 aliphatic rings. The first-order valence-electron chi connectivity index (χ1n) is 8.10. The Labute approximate surface area is 139 Å². The standard InChI is InChI=1S/C16H20N6O2/c1-2-3-9-22-14(18-19-20-22)11-21-15(23)13(17-16(21)24)10-12-7-5-4-6-8-12/h4-8,13H,2-3,9-11H2,1H3,(H,17,24). The number of hydrogen-bond donors (Lipinski definition) is 1. The maximum Gasteiger partial charge on any atom is 0.325 e. The lowest BCUT2D eigenvalue weighted by molar-refractivity contribution is -0.127. The third-order valence-corrected chi connectivity index (χ3v) is 4.02. The number of imide groups is 1. The maximum absolute atomic E-state index is 12.5. The van der Waals surface area contributed by atoms with Crippen molar-refractivity contribution in [1.82, 2.24) is 30.4 Å². The lowest BCUT2D eigenvalue weighted by Crippen LogP contribution is -2.33. The van der Waals surface area contributed by atoms with E-state index in [1.165, 1.54) is 4.90 Å². The zero-order valence-electron chi connectivity index (χ0n) is 13.6. The van der Waals surface area contributed by atoms with Gasteiger partial charge in [-0.2, -0.15) is 0 Å². The van der Waals surface area contributed by atoms with Crippen LogP contribution in [-0.2, 0) is 24.3 Å². The van der Waals surface area contributed by atoms with Gasteiger partial charge in [-0.1, -0.05) is 43.7 Å². The molecule has 8 heteroatoms. The molecular formula is C16H20N6O2. The van der Waals surface area contributed by atoms with Gasteiger partial charge in [-0.05, 0) is 22.4 Å². The number of rotatable bonds is 7. The topological polar surface area (TPSA) is 93.0 Å². The number of benzene rings is 1. The second-order valence-electron chi connectivity index (χ2n) is 5.79. The number of aryl methyl sites for hydroxylation is 1. The highest BCUT2D eigenvalue weighted by Gasteiger charge is 2.38. The first-order chi connectivity index (χ1) is 11.7. The molecule has 24 heavy (non-hydrogen) atoms. The SMILES string of the molecule is CCCCn1nnnc1CN1C(=O)NC(Cc2ccccc2)C1=O. The Hall–Kier alpha value is -2.77. The van der Waals surface area contributed by atoms with Crippen molar-refractivity contribution in [2.24, 2.45) is 0 Å². The van der Waals surface area contributed by atoms with E-state index in [0.29, 0.717) is 18.8 Å². The van der Waals surface area contributed by atoms with Crippen LogP contribution in [0.2, 0.25) is 0 Å². The van der Waals surface area contributed by atoms with Crippen LogP contribution in [0.5, 0.6) is 0 Å². The lowest BCUT2D eigenvalue weighted by Gasteiger charge is -2.12. The highest BCUT2D eigenvalue weighted by molar-refractivity contribution is 6.04. The molecule has 3 amide bonds. The molecule has 3 rings (SSSR count). The highest BCUT2D eigenvalue weighted by atomic mass is 16.2. The summed E-state index contributed by atoms with van der Waals surface area (Å²) in [5.41, 5.74) is 1.01. The number of carbonyl (C=O) groups excluding carboxylic acids is 2. The Bertz CT molecular complexity index is 714. The first-order valence-corrected chi connectivity index (χ1v) is 8.10. The fraction of sp³-hybridized carbons (Fsp3) is 0.438. The van der Waals surface area contributed by atoms with Gasteiger partial charge in [0.05, 0.1) is 6.54 Å². The Morgan fingerprint density at radius 1 is 1.21 bits per heavy atom. The van der Waals surface area contributed by atoms with E-state index in [1.54, 1.807) is 4.68 Å². The summed E-state index contributed by atoms with van der Waals surface area (Å²) in [6.07, 6.45) is 2.43. The number of urea groups is 1. The normalized spacial score (nSPS) is 17.4. The van der Waals surface area contributed by atoms with Crippen molar-refractivity contribution in [1.29, 1.82) is 0 Å². The Balaban J connectivity index is 1.67. The number of hydrogen-bond acceptors (Lipinski definition) is 5. The van der Waals surface area contributed by atoms with Crippen molar-refractivity contribution in [3.8, 4) is 0 Å². The van der Waals surface area contributed by atoms with Crippen molar-refractivity contribution in [2.75, 3.05) is 0 Å². The van der Waals surface area contributed by atoms with Crippen LogP contribution in [0.1, 0.15) is 31.2 Å². The maximum atomic E-state index is 12.5. The average molecular weight is 328 g/mol. The van der Waals surface area contributed by atoms with Crippen LogP contribution in [0, 0.1) is 0 Å². The summed E-state index contributed by atoms with van der Waals surface area (Å²) >= 11 is 0. The Morgan fingerprint density at radius 3 is 2.75 bits per heavy atom. The van der Waals surface area contributed by atoms with E-state index >= 15 is 0 Å². The number of nitrogens with zero attached hydrogens (tertiary/aromatic N) is 5. The average Bonchev–Trinajstić information content (AvgIpc) is 3.14. The van der Waals surface area contributed by atoms with Gasteiger partial charge in [-0.15, -0.1) is 5.10 Å². The van der Waals surface area contributed by atoms with Crippen molar-refractivity contribution in [3.05, 3.63) is 41.7 Å².